The van der Waals surface area contributed by atoms with Crippen molar-refractivity contribution in [1.29, 1.82) is 0 Å². The van der Waals surface area contributed by atoms with Gasteiger partial charge in [0.1, 0.15) is 5.41 Å². The largest absolute Gasteiger partial charge is 0.399 e. The van der Waals surface area contributed by atoms with Crippen molar-refractivity contribution in [2.24, 2.45) is 0 Å². The zero-order chi connectivity index (χ0) is 12.7. The number of hydrogen-bond donors (Lipinski definition) is 1. The van der Waals surface area contributed by atoms with Gasteiger partial charge in [0.15, 0.2) is 0 Å². The van der Waals surface area contributed by atoms with Crippen LogP contribution in [0.2, 0.25) is 10.0 Å². The maximum atomic E-state index is 13.3. The van der Waals surface area contributed by atoms with Crippen LogP contribution >= 0.6 is 23.2 Å². The van der Waals surface area contributed by atoms with Gasteiger partial charge in [0.2, 0.25) is 0 Å². The third kappa shape index (κ3) is 2.14. The summed E-state index contributed by atoms with van der Waals surface area (Å²) in [5.41, 5.74) is -1.80. The van der Waals surface area contributed by atoms with Crippen LogP contribution in [0.5, 0.6) is 0 Å². The van der Waals surface area contributed by atoms with E-state index in [0.29, 0.717) is 11.6 Å². The van der Waals surface area contributed by atoms with Crippen molar-refractivity contribution in [3.63, 3.8) is 0 Å². The van der Waals surface area contributed by atoms with Crippen LogP contribution in [0.15, 0.2) is 18.2 Å². The van der Waals surface area contributed by atoms with E-state index in [1.807, 2.05) is 0 Å². The highest BCUT2D eigenvalue weighted by molar-refractivity contribution is 6.35. The van der Waals surface area contributed by atoms with Crippen LogP contribution in [-0.2, 0) is 5.41 Å². The summed E-state index contributed by atoms with van der Waals surface area (Å²) >= 11 is 11.6. The molecule has 0 bridgehead atoms. The third-order valence-electron chi connectivity index (χ3n) is 3.14. The first-order valence-electron chi connectivity index (χ1n) is 5.10. The minimum atomic E-state index is -4.33. The molecule has 0 amide bonds. The molecule has 1 aliphatic rings. The highest BCUT2D eigenvalue weighted by Gasteiger charge is 2.57. The molecule has 1 aromatic carbocycles. The fourth-order valence-corrected chi connectivity index (χ4v) is 2.78. The molecule has 1 saturated heterocycles. The lowest BCUT2D eigenvalue weighted by atomic mass is 9.79. The molecule has 6 heteroatoms. The molecule has 0 aromatic heterocycles. The minimum Gasteiger partial charge on any atom is -0.315 e. The predicted molar refractivity (Wildman–Crippen MR) is 61.7 cm³/mol. The van der Waals surface area contributed by atoms with E-state index in [9.17, 15) is 13.2 Å². The molecule has 0 radical (unpaired) electrons. The van der Waals surface area contributed by atoms with E-state index in [4.69, 9.17) is 23.2 Å². The first-order chi connectivity index (χ1) is 7.87. The second-order valence-corrected chi connectivity index (χ2v) is 4.97. The Bertz CT molecular complexity index is 425. The van der Waals surface area contributed by atoms with Crippen molar-refractivity contribution in [2.45, 2.75) is 18.0 Å². The summed E-state index contributed by atoms with van der Waals surface area (Å²) in [7, 11) is 0. The van der Waals surface area contributed by atoms with E-state index in [-0.39, 0.29) is 23.6 Å². The van der Waals surface area contributed by atoms with Gasteiger partial charge >= 0.3 is 6.18 Å². The lowest BCUT2D eigenvalue weighted by Crippen LogP contribution is -2.44. The summed E-state index contributed by atoms with van der Waals surface area (Å²) in [5.74, 6) is 0. The molecule has 0 aliphatic carbocycles. The summed E-state index contributed by atoms with van der Waals surface area (Å²) in [5, 5.41) is 3.15. The molecule has 1 atom stereocenters. The molecule has 1 N–H and O–H groups in total. The van der Waals surface area contributed by atoms with Crippen molar-refractivity contribution in [2.75, 3.05) is 13.1 Å². The van der Waals surface area contributed by atoms with Crippen molar-refractivity contribution in [1.82, 2.24) is 5.32 Å². The Hall–Kier alpha value is -0.450. The lowest BCUT2D eigenvalue weighted by molar-refractivity contribution is -0.184. The summed E-state index contributed by atoms with van der Waals surface area (Å²) in [6.45, 7) is 0.191. The van der Waals surface area contributed by atoms with Gasteiger partial charge in [0, 0.05) is 16.6 Å². The van der Waals surface area contributed by atoms with Crippen LogP contribution in [0, 0.1) is 0 Å². The zero-order valence-corrected chi connectivity index (χ0v) is 10.3. The van der Waals surface area contributed by atoms with E-state index in [1.54, 1.807) is 0 Å². The molecular formula is C11H10Cl2F3N. The van der Waals surface area contributed by atoms with E-state index >= 15 is 0 Å². The maximum Gasteiger partial charge on any atom is 0.399 e. The normalized spacial score (nSPS) is 25.2. The average molecular weight is 284 g/mol. The fourth-order valence-electron chi connectivity index (χ4n) is 2.19. The molecule has 1 heterocycles. The molecule has 1 aromatic rings. The van der Waals surface area contributed by atoms with Crippen molar-refractivity contribution < 1.29 is 13.2 Å². The van der Waals surface area contributed by atoms with Crippen molar-refractivity contribution in [3.05, 3.63) is 33.8 Å². The number of halogens is 5. The molecule has 1 aliphatic heterocycles. The van der Waals surface area contributed by atoms with Gasteiger partial charge in [0.25, 0.3) is 0 Å². The standard InChI is InChI=1S/C11H10Cl2F3N/c12-7-1-2-8(9(13)5-7)10(11(14,15)16)3-4-17-6-10/h1-2,5,17H,3-4,6H2/t10-/m0/s1. The highest BCUT2D eigenvalue weighted by Crippen LogP contribution is 2.47. The van der Waals surface area contributed by atoms with Crippen molar-refractivity contribution in [3.8, 4) is 0 Å². The first-order valence-corrected chi connectivity index (χ1v) is 5.85. The molecule has 0 spiro atoms. The molecule has 17 heavy (non-hydrogen) atoms. The summed E-state index contributed by atoms with van der Waals surface area (Å²) in [4.78, 5) is 0. The Kier molecular flexibility index (Phi) is 3.31. The molecule has 94 valence electrons. The van der Waals surface area contributed by atoms with Gasteiger partial charge < -0.3 is 5.32 Å². The number of alkyl halides is 3. The van der Waals surface area contributed by atoms with Crippen LogP contribution < -0.4 is 5.32 Å². The molecule has 1 nitrogen and oxygen atoms in total. The topological polar surface area (TPSA) is 12.0 Å². The highest BCUT2D eigenvalue weighted by atomic mass is 35.5. The molecular weight excluding hydrogens is 274 g/mol. The van der Waals surface area contributed by atoms with Crippen LogP contribution in [0.1, 0.15) is 12.0 Å². The van der Waals surface area contributed by atoms with Gasteiger partial charge in [0.05, 0.1) is 0 Å². The van der Waals surface area contributed by atoms with E-state index in [1.165, 1.54) is 18.2 Å². The second kappa shape index (κ2) is 4.34. The van der Waals surface area contributed by atoms with Gasteiger partial charge in [-0.25, -0.2) is 0 Å². The monoisotopic (exact) mass is 283 g/mol. The Morgan fingerprint density at radius 3 is 2.41 bits per heavy atom. The summed E-state index contributed by atoms with van der Waals surface area (Å²) < 4.78 is 39.8. The molecule has 0 unspecified atom stereocenters. The Balaban J connectivity index is 2.54. The number of hydrogen-bond acceptors (Lipinski definition) is 1. The van der Waals surface area contributed by atoms with Crippen molar-refractivity contribution >= 4 is 23.2 Å². The number of benzene rings is 1. The Labute approximate surface area is 107 Å². The average Bonchev–Trinajstić information content (AvgIpc) is 2.66. The van der Waals surface area contributed by atoms with Gasteiger partial charge in [-0.3, -0.25) is 0 Å². The smallest absolute Gasteiger partial charge is 0.315 e. The summed E-state index contributed by atoms with van der Waals surface area (Å²) in [6, 6.07) is 4.16. The number of nitrogens with one attached hydrogen (secondary N) is 1. The quantitative estimate of drug-likeness (QED) is 0.827. The first kappa shape index (κ1) is 13.0. The zero-order valence-electron chi connectivity index (χ0n) is 8.74. The number of rotatable bonds is 1. The Morgan fingerprint density at radius 2 is 1.94 bits per heavy atom. The van der Waals surface area contributed by atoms with Crippen LogP contribution in [0.25, 0.3) is 0 Å². The Morgan fingerprint density at radius 1 is 1.24 bits per heavy atom. The van der Waals surface area contributed by atoms with Crippen LogP contribution in [0.4, 0.5) is 13.2 Å². The lowest BCUT2D eigenvalue weighted by Gasteiger charge is -2.32. The minimum absolute atomic E-state index is 0.00213. The summed E-state index contributed by atoms with van der Waals surface area (Å²) in [6.07, 6.45) is -4.33. The molecule has 0 saturated carbocycles. The van der Waals surface area contributed by atoms with E-state index < -0.39 is 11.6 Å². The van der Waals surface area contributed by atoms with Gasteiger partial charge in [-0.15, -0.1) is 0 Å². The van der Waals surface area contributed by atoms with Crippen LogP contribution in [-0.4, -0.2) is 19.3 Å². The molecule has 1 fully saturated rings. The third-order valence-corrected chi connectivity index (χ3v) is 3.69. The molecule has 2 rings (SSSR count). The van der Waals surface area contributed by atoms with Gasteiger partial charge in [-0.05, 0) is 30.7 Å². The SMILES string of the molecule is FC(F)(F)[C@@]1(c2ccc(Cl)cc2Cl)CCNC1. The van der Waals surface area contributed by atoms with Crippen LogP contribution in [0.3, 0.4) is 0 Å². The van der Waals surface area contributed by atoms with E-state index in [0.717, 1.165) is 0 Å². The van der Waals surface area contributed by atoms with Gasteiger partial charge in [-0.1, -0.05) is 29.3 Å². The van der Waals surface area contributed by atoms with E-state index in [2.05, 4.69) is 5.32 Å². The predicted octanol–water partition coefficient (Wildman–Crippen LogP) is 3.79. The van der Waals surface area contributed by atoms with Gasteiger partial charge in [-0.2, -0.15) is 13.2 Å². The maximum absolute atomic E-state index is 13.3. The second-order valence-electron chi connectivity index (χ2n) is 4.13. The fraction of sp³-hybridized carbons (Fsp3) is 0.455.